The number of nitrogens with one attached hydrogen (secondary N) is 1. The number of piperidine rings is 1. The molecular weight excluding hydrogens is 747 g/mol. The van der Waals surface area contributed by atoms with Gasteiger partial charge in [-0.3, -0.25) is 9.59 Å². The van der Waals surface area contributed by atoms with Gasteiger partial charge >= 0.3 is 0 Å². The number of anilines is 1. The van der Waals surface area contributed by atoms with E-state index in [1.54, 1.807) is 16.2 Å². The lowest BCUT2D eigenvalue weighted by Crippen LogP contribution is -2.47. The number of fused-ring (bicyclic) bond motifs is 1. The SMILES string of the molecule is Cc1ncsc1-c1ccc(CNC(=O)C2CCCN2C(=O)C(c2cc(N3CCC4(CC3)CC(c3ccc5nnc(C6=CCCC=C6O)cc5c3)C4)no2)C(C)C)cc1. The van der Waals surface area contributed by atoms with E-state index in [-0.39, 0.29) is 23.5 Å². The van der Waals surface area contributed by atoms with E-state index in [0.717, 1.165) is 108 Å². The normalized spacial score (nSPS) is 20.0. The number of amides is 2. The Morgan fingerprint density at radius 1 is 1.00 bits per heavy atom. The average molecular weight is 798 g/mol. The molecule has 2 N–H and O–H groups in total. The van der Waals surface area contributed by atoms with Crippen molar-refractivity contribution in [3.05, 3.63) is 106 Å². The summed E-state index contributed by atoms with van der Waals surface area (Å²) in [6.45, 7) is 8.81. The van der Waals surface area contributed by atoms with Gasteiger partial charge in [-0.2, -0.15) is 0 Å². The summed E-state index contributed by atoms with van der Waals surface area (Å²) in [5.74, 6) is 1.40. The van der Waals surface area contributed by atoms with E-state index in [4.69, 9.17) is 4.52 Å². The van der Waals surface area contributed by atoms with Gasteiger partial charge in [0.15, 0.2) is 11.6 Å². The van der Waals surface area contributed by atoms with Crippen LogP contribution in [0.25, 0.3) is 26.9 Å². The van der Waals surface area contributed by atoms with Crippen LogP contribution < -0.4 is 10.2 Å². The number of nitrogens with zero attached hydrogens (tertiary/aromatic N) is 6. The zero-order chi connectivity index (χ0) is 40.0. The molecule has 2 aliphatic heterocycles. The molecule has 5 aromatic rings. The number of aromatic nitrogens is 4. The number of hydrogen-bond donors (Lipinski definition) is 2. The highest BCUT2D eigenvalue weighted by Gasteiger charge is 2.47. The fourth-order valence-electron chi connectivity index (χ4n) is 9.64. The number of aliphatic hydroxyl groups excluding tert-OH is 1. The van der Waals surface area contributed by atoms with Crippen LogP contribution in [0.3, 0.4) is 0 Å². The molecule has 1 spiro atoms. The van der Waals surface area contributed by atoms with Gasteiger partial charge in [0.25, 0.3) is 0 Å². The van der Waals surface area contributed by atoms with Crippen molar-refractivity contribution in [3.63, 3.8) is 0 Å². The van der Waals surface area contributed by atoms with Crippen LogP contribution in [-0.2, 0) is 16.1 Å². The molecule has 2 saturated heterocycles. The molecule has 1 saturated carbocycles. The van der Waals surface area contributed by atoms with Crippen LogP contribution in [0.5, 0.6) is 0 Å². The molecule has 2 atom stereocenters. The first-order chi connectivity index (χ1) is 28.1. The lowest BCUT2D eigenvalue weighted by Gasteiger charge is -2.52. The van der Waals surface area contributed by atoms with Crippen molar-refractivity contribution >= 4 is 45.4 Å². The number of aliphatic hydroxyl groups is 1. The number of carbonyl (C=O) groups is 2. The Morgan fingerprint density at radius 2 is 1.79 bits per heavy atom. The van der Waals surface area contributed by atoms with Crippen LogP contribution >= 0.6 is 11.3 Å². The maximum absolute atomic E-state index is 14.2. The third-order valence-corrected chi connectivity index (χ3v) is 14.0. The Hall–Kier alpha value is -5.36. The second kappa shape index (κ2) is 15.8. The Morgan fingerprint density at radius 3 is 2.53 bits per heavy atom. The summed E-state index contributed by atoms with van der Waals surface area (Å²) in [6.07, 6.45) is 11.5. The molecule has 9 rings (SSSR count). The molecule has 4 aliphatic rings. The van der Waals surface area contributed by atoms with Crippen molar-refractivity contribution in [2.45, 2.75) is 96.6 Å². The van der Waals surface area contributed by atoms with Crippen LogP contribution in [0.4, 0.5) is 5.82 Å². The predicted molar refractivity (Wildman–Crippen MR) is 226 cm³/mol. The molecule has 0 radical (unpaired) electrons. The van der Waals surface area contributed by atoms with Crippen LogP contribution in [0.1, 0.15) is 105 Å². The van der Waals surface area contributed by atoms with Gasteiger partial charge in [0.1, 0.15) is 17.7 Å². The van der Waals surface area contributed by atoms with E-state index in [1.165, 1.54) is 5.56 Å². The Balaban J connectivity index is 0.796. The predicted octanol–water partition coefficient (Wildman–Crippen LogP) is 8.88. The molecule has 5 heterocycles. The van der Waals surface area contributed by atoms with Gasteiger partial charge in [0.05, 0.1) is 27.3 Å². The highest BCUT2D eigenvalue weighted by molar-refractivity contribution is 7.13. The van der Waals surface area contributed by atoms with Gasteiger partial charge < -0.3 is 24.7 Å². The summed E-state index contributed by atoms with van der Waals surface area (Å²) in [7, 11) is 0. The fraction of sp³-hybridized carbons (Fsp3) is 0.435. The number of benzene rings is 2. The second-order valence-corrected chi connectivity index (χ2v) is 18.0. The summed E-state index contributed by atoms with van der Waals surface area (Å²) in [4.78, 5) is 37.3. The third-order valence-electron chi connectivity index (χ3n) is 13.0. The maximum Gasteiger partial charge on any atom is 0.243 e. The molecule has 12 heteroatoms. The fourth-order valence-corrected chi connectivity index (χ4v) is 10.5. The minimum atomic E-state index is -0.522. The lowest BCUT2D eigenvalue weighted by molar-refractivity contribution is -0.140. The number of hydrogen-bond acceptors (Lipinski definition) is 10. The summed E-state index contributed by atoms with van der Waals surface area (Å²) < 4.78 is 5.95. The zero-order valence-corrected chi connectivity index (χ0v) is 34.3. The van der Waals surface area contributed by atoms with Crippen LogP contribution in [-0.4, -0.2) is 67.8 Å². The smallest absolute Gasteiger partial charge is 0.243 e. The second-order valence-electron chi connectivity index (χ2n) is 17.1. The number of carbonyl (C=O) groups excluding carboxylic acids is 2. The molecule has 2 amide bonds. The van der Waals surface area contributed by atoms with E-state index in [0.29, 0.717) is 36.6 Å². The Kier molecular flexibility index (Phi) is 10.4. The van der Waals surface area contributed by atoms with E-state index in [1.807, 2.05) is 56.6 Å². The maximum atomic E-state index is 14.2. The molecule has 11 nitrogen and oxygen atoms in total. The van der Waals surface area contributed by atoms with Crippen molar-refractivity contribution in [3.8, 4) is 10.4 Å². The number of allylic oxidation sites excluding steroid dienone is 3. The van der Waals surface area contributed by atoms with Gasteiger partial charge in [-0.15, -0.1) is 21.5 Å². The van der Waals surface area contributed by atoms with E-state index < -0.39 is 12.0 Å². The molecule has 58 heavy (non-hydrogen) atoms. The Labute approximate surface area is 343 Å². The van der Waals surface area contributed by atoms with Crippen LogP contribution in [0.2, 0.25) is 0 Å². The minimum absolute atomic E-state index is 0.0306. The van der Waals surface area contributed by atoms with E-state index in [9.17, 15) is 14.7 Å². The molecule has 2 unspecified atom stereocenters. The van der Waals surface area contributed by atoms with E-state index >= 15 is 0 Å². The topological polar surface area (TPSA) is 138 Å². The van der Waals surface area contributed by atoms with Crippen LogP contribution in [0, 0.1) is 18.3 Å². The minimum Gasteiger partial charge on any atom is -0.508 e. The molecule has 0 bridgehead atoms. The Bertz CT molecular complexity index is 2380. The van der Waals surface area contributed by atoms with Crippen molar-refractivity contribution in [2.24, 2.45) is 11.3 Å². The van der Waals surface area contributed by atoms with Gasteiger partial charge in [0.2, 0.25) is 11.8 Å². The van der Waals surface area contributed by atoms with Gasteiger partial charge in [-0.1, -0.05) is 55.4 Å². The molecule has 300 valence electrons. The first-order valence-corrected chi connectivity index (χ1v) is 21.7. The van der Waals surface area contributed by atoms with Gasteiger partial charge in [-0.25, -0.2) is 4.98 Å². The largest absolute Gasteiger partial charge is 0.508 e. The van der Waals surface area contributed by atoms with E-state index in [2.05, 4.69) is 67.0 Å². The highest BCUT2D eigenvalue weighted by Crippen LogP contribution is 2.57. The van der Waals surface area contributed by atoms with Crippen molar-refractivity contribution < 1.29 is 19.2 Å². The van der Waals surface area contributed by atoms with Crippen molar-refractivity contribution in [1.29, 1.82) is 0 Å². The average Bonchev–Trinajstić information content (AvgIpc) is 4.01. The monoisotopic (exact) mass is 797 g/mol. The number of likely N-dealkylation sites (tertiary alicyclic amines) is 1. The standard InChI is InChI=1S/C46H51N7O4S/c1-28(2)42(45(56)53-18-6-8-38(53)44(55)47-26-30-10-12-31(13-11-30)43-29(3)48-27-58-43)40-23-41(51-57-40)52-19-16-46(17-20-52)24-34(25-46)32-14-15-36-33(21-32)22-37(50-49-36)35-7-4-5-9-39(35)54/h7,9-15,21-23,27-28,34,38,42,54H,4-6,8,16-20,24-26H2,1-3H3,(H,47,55). The number of rotatable bonds is 10. The molecule has 2 aromatic carbocycles. The summed E-state index contributed by atoms with van der Waals surface area (Å²) >= 11 is 1.62. The quantitative estimate of drug-likeness (QED) is 0.142. The molecule has 3 fully saturated rings. The lowest BCUT2D eigenvalue weighted by atomic mass is 9.56. The molecular formula is C46H51N7O4S. The summed E-state index contributed by atoms with van der Waals surface area (Å²) in [5, 5.41) is 27.9. The number of aryl methyl sites for hydroxylation is 1. The van der Waals surface area contributed by atoms with Crippen molar-refractivity contribution in [1.82, 2.24) is 30.6 Å². The van der Waals surface area contributed by atoms with Gasteiger partial charge in [-0.05, 0) is 117 Å². The molecule has 3 aromatic heterocycles. The first-order valence-electron chi connectivity index (χ1n) is 20.8. The zero-order valence-electron chi connectivity index (χ0n) is 33.5. The van der Waals surface area contributed by atoms with Crippen molar-refractivity contribution in [2.75, 3.05) is 24.5 Å². The highest BCUT2D eigenvalue weighted by atomic mass is 32.1. The molecule has 2 aliphatic carbocycles. The first kappa shape index (κ1) is 38.2. The summed E-state index contributed by atoms with van der Waals surface area (Å²) in [5.41, 5.74) is 9.01. The van der Waals surface area contributed by atoms with Gasteiger partial charge in [0, 0.05) is 43.2 Å². The van der Waals surface area contributed by atoms with Crippen LogP contribution in [0.15, 0.2) is 82.5 Å². The third kappa shape index (κ3) is 7.42. The number of thiazole rings is 1. The summed E-state index contributed by atoms with van der Waals surface area (Å²) in [6, 6.07) is 18.2.